The number of fused-ring (bicyclic) bond motifs is 1. The molecule has 1 fully saturated rings. The highest BCUT2D eigenvalue weighted by atomic mass is 16.2. The van der Waals surface area contributed by atoms with Crippen molar-refractivity contribution in [2.45, 2.75) is 52.6 Å². The molecule has 0 saturated carbocycles. The van der Waals surface area contributed by atoms with Gasteiger partial charge in [-0.05, 0) is 38.3 Å². The van der Waals surface area contributed by atoms with Gasteiger partial charge in [-0.3, -0.25) is 4.79 Å². The van der Waals surface area contributed by atoms with E-state index in [9.17, 15) is 4.79 Å². The standard InChI is InChI=1S/C18H25N3O/c1-4-13(3)18(22)21-12-8-11-16(21)17-19-14-9-6-7-10-15(14)20(17)5-2/h6-7,9-10,13,16H,4-5,8,11-12H2,1-3H3/t13-,16-/m1/s1. The average Bonchev–Trinajstić information content (AvgIpc) is 3.16. The third kappa shape index (κ3) is 2.40. The van der Waals surface area contributed by atoms with Gasteiger partial charge in [0, 0.05) is 19.0 Å². The van der Waals surface area contributed by atoms with E-state index >= 15 is 0 Å². The molecule has 1 aromatic heterocycles. The van der Waals surface area contributed by atoms with Gasteiger partial charge >= 0.3 is 0 Å². The predicted molar refractivity (Wildman–Crippen MR) is 88.6 cm³/mol. The van der Waals surface area contributed by atoms with Crippen LogP contribution in [0.4, 0.5) is 0 Å². The van der Waals surface area contributed by atoms with E-state index in [1.54, 1.807) is 0 Å². The summed E-state index contributed by atoms with van der Waals surface area (Å²) in [5.41, 5.74) is 2.20. The summed E-state index contributed by atoms with van der Waals surface area (Å²) in [5, 5.41) is 0. The number of hydrogen-bond acceptors (Lipinski definition) is 2. The lowest BCUT2D eigenvalue weighted by Crippen LogP contribution is -2.35. The molecular formula is C18H25N3O. The van der Waals surface area contributed by atoms with Crippen molar-refractivity contribution in [1.29, 1.82) is 0 Å². The molecule has 22 heavy (non-hydrogen) atoms. The van der Waals surface area contributed by atoms with E-state index in [0.29, 0.717) is 0 Å². The Kier molecular flexibility index (Phi) is 4.19. The van der Waals surface area contributed by atoms with Gasteiger partial charge in [0.15, 0.2) is 0 Å². The van der Waals surface area contributed by atoms with Crippen molar-refractivity contribution in [2.75, 3.05) is 6.54 Å². The molecule has 1 aliphatic heterocycles. The van der Waals surface area contributed by atoms with E-state index < -0.39 is 0 Å². The molecule has 1 amide bonds. The van der Waals surface area contributed by atoms with Crippen LogP contribution in [0.15, 0.2) is 24.3 Å². The number of benzene rings is 1. The summed E-state index contributed by atoms with van der Waals surface area (Å²) in [7, 11) is 0. The first-order valence-corrected chi connectivity index (χ1v) is 8.43. The number of aromatic nitrogens is 2. The summed E-state index contributed by atoms with van der Waals surface area (Å²) in [6.07, 6.45) is 2.98. The molecule has 118 valence electrons. The molecule has 3 rings (SSSR count). The van der Waals surface area contributed by atoms with E-state index in [-0.39, 0.29) is 17.9 Å². The Morgan fingerprint density at radius 2 is 2.14 bits per heavy atom. The van der Waals surface area contributed by atoms with Crippen LogP contribution < -0.4 is 0 Å². The Morgan fingerprint density at radius 3 is 2.86 bits per heavy atom. The fourth-order valence-electron chi connectivity index (χ4n) is 3.44. The Morgan fingerprint density at radius 1 is 1.36 bits per heavy atom. The quantitative estimate of drug-likeness (QED) is 0.862. The highest BCUT2D eigenvalue weighted by Gasteiger charge is 2.34. The number of carbonyl (C=O) groups is 1. The van der Waals surface area contributed by atoms with E-state index in [1.165, 1.54) is 5.52 Å². The number of aryl methyl sites for hydroxylation is 1. The second-order valence-corrected chi connectivity index (χ2v) is 6.20. The Balaban J connectivity index is 2.00. The van der Waals surface area contributed by atoms with Gasteiger partial charge < -0.3 is 9.47 Å². The van der Waals surface area contributed by atoms with E-state index in [1.807, 2.05) is 13.0 Å². The zero-order chi connectivity index (χ0) is 15.7. The van der Waals surface area contributed by atoms with Crippen molar-refractivity contribution in [1.82, 2.24) is 14.5 Å². The SMILES string of the molecule is CC[C@@H](C)C(=O)N1CCC[C@@H]1c1nc2ccccc2n1CC. The van der Waals surface area contributed by atoms with E-state index in [4.69, 9.17) is 4.98 Å². The number of nitrogens with zero attached hydrogens (tertiary/aromatic N) is 3. The zero-order valence-corrected chi connectivity index (χ0v) is 13.7. The van der Waals surface area contributed by atoms with Crippen LogP contribution in [0.5, 0.6) is 0 Å². The number of imidazole rings is 1. The lowest BCUT2D eigenvalue weighted by atomic mass is 10.1. The Labute approximate surface area is 132 Å². The molecule has 0 unspecified atom stereocenters. The molecule has 0 radical (unpaired) electrons. The van der Waals surface area contributed by atoms with Crippen molar-refractivity contribution in [3.8, 4) is 0 Å². The van der Waals surface area contributed by atoms with Crippen molar-refractivity contribution >= 4 is 16.9 Å². The largest absolute Gasteiger partial charge is 0.332 e. The Bertz CT molecular complexity index is 676. The fraction of sp³-hybridized carbons (Fsp3) is 0.556. The van der Waals surface area contributed by atoms with Gasteiger partial charge in [-0.15, -0.1) is 0 Å². The first-order valence-electron chi connectivity index (χ1n) is 8.43. The number of hydrogen-bond donors (Lipinski definition) is 0. The van der Waals surface area contributed by atoms with Crippen molar-refractivity contribution in [3.63, 3.8) is 0 Å². The zero-order valence-electron chi connectivity index (χ0n) is 13.7. The lowest BCUT2D eigenvalue weighted by Gasteiger charge is -2.27. The molecule has 0 bridgehead atoms. The maximum absolute atomic E-state index is 12.7. The van der Waals surface area contributed by atoms with Gasteiger partial charge in [-0.25, -0.2) is 4.98 Å². The minimum atomic E-state index is 0.0973. The van der Waals surface area contributed by atoms with Gasteiger partial charge in [0.25, 0.3) is 0 Å². The first-order chi connectivity index (χ1) is 10.7. The molecule has 0 N–H and O–H groups in total. The third-order valence-corrected chi connectivity index (χ3v) is 4.87. The lowest BCUT2D eigenvalue weighted by molar-refractivity contribution is -0.136. The van der Waals surface area contributed by atoms with Crippen LogP contribution in [0, 0.1) is 5.92 Å². The molecule has 0 aliphatic carbocycles. The van der Waals surface area contributed by atoms with Gasteiger partial charge in [0.1, 0.15) is 5.82 Å². The minimum absolute atomic E-state index is 0.0973. The molecule has 2 aromatic rings. The van der Waals surface area contributed by atoms with E-state index in [2.05, 4.69) is 41.5 Å². The summed E-state index contributed by atoms with van der Waals surface area (Å²) < 4.78 is 2.27. The molecule has 4 heteroatoms. The number of rotatable bonds is 4. The molecule has 1 aromatic carbocycles. The fourth-order valence-corrected chi connectivity index (χ4v) is 3.44. The molecule has 4 nitrogen and oxygen atoms in total. The summed E-state index contributed by atoms with van der Waals surface area (Å²) >= 11 is 0. The molecule has 2 heterocycles. The van der Waals surface area contributed by atoms with Gasteiger partial charge in [-0.2, -0.15) is 0 Å². The number of carbonyl (C=O) groups excluding carboxylic acids is 1. The summed E-state index contributed by atoms with van der Waals surface area (Å²) in [6.45, 7) is 8.00. The number of para-hydroxylation sites is 2. The van der Waals surface area contributed by atoms with Crippen LogP contribution in [-0.4, -0.2) is 26.9 Å². The summed E-state index contributed by atoms with van der Waals surface area (Å²) in [5.74, 6) is 1.43. The Hall–Kier alpha value is -1.84. The van der Waals surface area contributed by atoms with Gasteiger partial charge in [0.2, 0.25) is 5.91 Å². The topological polar surface area (TPSA) is 38.1 Å². The van der Waals surface area contributed by atoms with Crippen LogP contribution >= 0.6 is 0 Å². The average molecular weight is 299 g/mol. The number of likely N-dealkylation sites (tertiary alicyclic amines) is 1. The summed E-state index contributed by atoms with van der Waals surface area (Å²) in [6, 6.07) is 8.38. The second-order valence-electron chi connectivity index (χ2n) is 6.20. The highest BCUT2D eigenvalue weighted by molar-refractivity contribution is 5.80. The van der Waals surface area contributed by atoms with E-state index in [0.717, 1.165) is 43.7 Å². The van der Waals surface area contributed by atoms with Crippen LogP contribution in [0.3, 0.4) is 0 Å². The first kappa shape index (κ1) is 15.1. The van der Waals surface area contributed by atoms with Crippen molar-refractivity contribution in [3.05, 3.63) is 30.1 Å². The molecule has 2 atom stereocenters. The van der Waals surface area contributed by atoms with Crippen LogP contribution in [0.25, 0.3) is 11.0 Å². The monoisotopic (exact) mass is 299 g/mol. The molecule has 1 saturated heterocycles. The second kappa shape index (κ2) is 6.11. The third-order valence-electron chi connectivity index (χ3n) is 4.87. The summed E-state index contributed by atoms with van der Waals surface area (Å²) in [4.78, 5) is 19.6. The van der Waals surface area contributed by atoms with Crippen LogP contribution in [0.1, 0.15) is 51.9 Å². The molecule has 1 aliphatic rings. The van der Waals surface area contributed by atoms with Gasteiger partial charge in [0.05, 0.1) is 17.1 Å². The maximum Gasteiger partial charge on any atom is 0.226 e. The van der Waals surface area contributed by atoms with Crippen molar-refractivity contribution < 1.29 is 4.79 Å². The molecule has 0 spiro atoms. The minimum Gasteiger partial charge on any atom is -0.332 e. The van der Waals surface area contributed by atoms with Crippen LogP contribution in [-0.2, 0) is 11.3 Å². The van der Waals surface area contributed by atoms with Gasteiger partial charge in [-0.1, -0.05) is 26.0 Å². The van der Waals surface area contributed by atoms with Crippen molar-refractivity contribution in [2.24, 2.45) is 5.92 Å². The number of amides is 1. The maximum atomic E-state index is 12.7. The normalized spacial score (nSPS) is 19.8. The smallest absolute Gasteiger partial charge is 0.226 e. The molecular weight excluding hydrogens is 274 g/mol. The predicted octanol–water partition coefficient (Wildman–Crippen LogP) is 3.77. The van der Waals surface area contributed by atoms with Crippen LogP contribution in [0.2, 0.25) is 0 Å². The highest BCUT2D eigenvalue weighted by Crippen LogP contribution is 2.34.